The van der Waals surface area contributed by atoms with Gasteiger partial charge in [0.25, 0.3) is 0 Å². The summed E-state index contributed by atoms with van der Waals surface area (Å²) in [6.07, 6.45) is 0.868. The van der Waals surface area contributed by atoms with Gasteiger partial charge in [-0.05, 0) is 30.7 Å². The summed E-state index contributed by atoms with van der Waals surface area (Å²) in [4.78, 5) is 4.22. The van der Waals surface area contributed by atoms with Crippen LogP contribution in [0.2, 0.25) is 0 Å². The molecule has 2 bridgehead atoms. The van der Waals surface area contributed by atoms with E-state index in [1.807, 2.05) is 30.3 Å². The van der Waals surface area contributed by atoms with E-state index in [4.69, 9.17) is 0 Å². The summed E-state index contributed by atoms with van der Waals surface area (Å²) in [6.45, 7) is 0. The Kier molecular flexibility index (Phi) is 2.40. The Balaban J connectivity index is 1.50. The number of rotatable bonds is 3. The normalized spacial score (nSPS) is 36.4. The van der Waals surface area contributed by atoms with E-state index in [1.54, 1.807) is 4.68 Å². The minimum Gasteiger partial charge on any atom is -0.239 e. The van der Waals surface area contributed by atoms with Crippen molar-refractivity contribution in [3.05, 3.63) is 47.5 Å². The third-order valence-electron chi connectivity index (χ3n) is 5.71. The first-order valence-corrected chi connectivity index (χ1v) is 7.96. The summed E-state index contributed by atoms with van der Waals surface area (Å²) < 4.78 is 30.6. The summed E-state index contributed by atoms with van der Waals surface area (Å²) in [7, 11) is 0. The zero-order valence-corrected chi connectivity index (χ0v) is 12.1. The van der Waals surface area contributed by atoms with E-state index in [1.165, 1.54) is 0 Å². The van der Waals surface area contributed by atoms with E-state index in [-0.39, 0.29) is 23.1 Å². The van der Waals surface area contributed by atoms with E-state index in [9.17, 15) is 8.78 Å². The highest BCUT2D eigenvalue weighted by Crippen LogP contribution is 2.70. The van der Waals surface area contributed by atoms with Gasteiger partial charge in [0, 0.05) is 11.8 Å². The van der Waals surface area contributed by atoms with Crippen LogP contribution in [0.1, 0.15) is 61.3 Å². The second-order valence-corrected chi connectivity index (χ2v) is 7.11. The Labute approximate surface area is 127 Å². The highest BCUT2D eigenvalue weighted by atomic mass is 19.1. The van der Waals surface area contributed by atoms with Gasteiger partial charge in [-0.15, -0.1) is 0 Å². The van der Waals surface area contributed by atoms with Crippen LogP contribution in [-0.4, -0.2) is 14.8 Å². The highest BCUT2D eigenvalue weighted by molar-refractivity contribution is 5.24. The second kappa shape index (κ2) is 4.15. The third kappa shape index (κ3) is 1.54. The van der Waals surface area contributed by atoms with Crippen LogP contribution in [0.25, 0.3) is 0 Å². The van der Waals surface area contributed by atoms with Crippen molar-refractivity contribution in [3.8, 4) is 0 Å². The number of nitrogens with zero attached hydrogens (tertiary/aromatic N) is 3. The Bertz CT molecular complexity index is 710. The van der Waals surface area contributed by atoms with E-state index in [2.05, 4.69) is 10.1 Å². The molecule has 3 nitrogen and oxygen atoms in total. The Morgan fingerprint density at radius 3 is 2.55 bits per heavy atom. The number of halogens is 2. The number of aromatic nitrogens is 3. The van der Waals surface area contributed by atoms with Crippen LogP contribution in [0.15, 0.2) is 30.3 Å². The SMILES string of the molecule is FC(c1nc2n(n1)[C@H](c1ccccc1)C[C@@H]2F)C12CC(C1)C2. The monoisotopic (exact) mass is 301 g/mol. The van der Waals surface area contributed by atoms with Crippen molar-refractivity contribution in [1.29, 1.82) is 0 Å². The zero-order chi connectivity index (χ0) is 14.9. The molecule has 0 amide bonds. The van der Waals surface area contributed by atoms with Crippen LogP contribution < -0.4 is 0 Å². The van der Waals surface area contributed by atoms with Crippen LogP contribution in [0.5, 0.6) is 0 Å². The van der Waals surface area contributed by atoms with Gasteiger partial charge in [-0.1, -0.05) is 30.3 Å². The molecule has 6 rings (SSSR count). The quantitative estimate of drug-likeness (QED) is 0.855. The molecule has 1 aromatic heterocycles. The van der Waals surface area contributed by atoms with Gasteiger partial charge in [-0.2, -0.15) is 5.10 Å². The molecule has 3 atom stereocenters. The van der Waals surface area contributed by atoms with E-state index >= 15 is 0 Å². The van der Waals surface area contributed by atoms with Gasteiger partial charge in [-0.25, -0.2) is 18.4 Å². The molecule has 3 aliphatic carbocycles. The lowest BCUT2D eigenvalue weighted by molar-refractivity contribution is -0.162. The number of hydrogen-bond donors (Lipinski definition) is 0. The molecule has 1 unspecified atom stereocenters. The average molecular weight is 301 g/mol. The minimum atomic E-state index is -1.16. The number of alkyl halides is 2. The molecular formula is C17H17F2N3. The van der Waals surface area contributed by atoms with Gasteiger partial charge in [0.2, 0.25) is 0 Å². The summed E-state index contributed by atoms with van der Waals surface area (Å²) >= 11 is 0. The van der Waals surface area contributed by atoms with E-state index < -0.39 is 12.3 Å². The molecule has 3 saturated carbocycles. The molecule has 5 heteroatoms. The molecule has 0 spiro atoms. The molecule has 4 aliphatic rings. The van der Waals surface area contributed by atoms with Crippen LogP contribution >= 0.6 is 0 Å². The number of benzene rings is 1. The van der Waals surface area contributed by atoms with Crippen molar-refractivity contribution in [1.82, 2.24) is 14.8 Å². The molecule has 1 aromatic carbocycles. The van der Waals surface area contributed by atoms with Gasteiger partial charge in [0.15, 0.2) is 24.0 Å². The number of hydrogen-bond acceptors (Lipinski definition) is 2. The first-order chi connectivity index (χ1) is 10.7. The summed E-state index contributed by atoms with van der Waals surface area (Å²) in [5, 5.41) is 4.36. The van der Waals surface area contributed by atoms with Crippen LogP contribution in [0.3, 0.4) is 0 Å². The van der Waals surface area contributed by atoms with Crippen LogP contribution in [-0.2, 0) is 0 Å². The van der Waals surface area contributed by atoms with Crippen LogP contribution in [0.4, 0.5) is 8.78 Å². The maximum Gasteiger partial charge on any atom is 0.185 e. The van der Waals surface area contributed by atoms with Gasteiger partial charge in [-0.3, -0.25) is 0 Å². The molecule has 22 heavy (non-hydrogen) atoms. The standard InChI is InChI=1S/C17H17F2N3/c18-12-6-13(11-4-2-1-3-5-11)22-16(12)20-15(21-22)14(19)17-7-10(8-17)9-17/h1-5,10,12-14H,6-9H2/t10?,12-,13-,14?,17?/m0/s1. The van der Waals surface area contributed by atoms with Gasteiger partial charge >= 0.3 is 0 Å². The molecule has 0 N–H and O–H groups in total. The summed E-state index contributed by atoms with van der Waals surface area (Å²) in [5.74, 6) is 1.19. The van der Waals surface area contributed by atoms with Gasteiger partial charge in [0.05, 0.1) is 6.04 Å². The lowest BCUT2D eigenvalue weighted by Crippen LogP contribution is -2.54. The maximum absolute atomic E-state index is 14.8. The van der Waals surface area contributed by atoms with Crippen LogP contribution in [0, 0.1) is 11.3 Å². The smallest absolute Gasteiger partial charge is 0.185 e. The molecule has 0 saturated heterocycles. The van der Waals surface area contributed by atoms with Crippen molar-refractivity contribution >= 4 is 0 Å². The fourth-order valence-corrected chi connectivity index (χ4v) is 4.39. The fraction of sp³-hybridized carbons (Fsp3) is 0.529. The van der Waals surface area contributed by atoms with E-state index in [0.29, 0.717) is 12.3 Å². The predicted molar refractivity (Wildman–Crippen MR) is 76.7 cm³/mol. The molecule has 2 aromatic rings. The van der Waals surface area contributed by atoms with Crippen molar-refractivity contribution in [3.63, 3.8) is 0 Å². The molecule has 2 heterocycles. The Morgan fingerprint density at radius 2 is 1.91 bits per heavy atom. The first-order valence-electron chi connectivity index (χ1n) is 7.96. The molecule has 1 aliphatic heterocycles. The lowest BCUT2D eigenvalue weighted by Gasteiger charge is -2.62. The van der Waals surface area contributed by atoms with Gasteiger partial charge in [0.1, 0.15) is 0 Å². The molecule has 0 radical (unpaired) electrons. The topological polar surface area (TPSA) is 30.7 Å². The highest BCUT2D eigenvalue weighted by Gasteiger charge is 2.62. The molecule has 3 fully saturated rings. The first kappa shape index (κ1) is 12.7. The van der Waals surface area contributed by atoms with Crippen molar-refractivity contribution in [2.75, 3.05) is 0 Å². The summed E-state index contributed by atoms with van der Waals surface area (Å²) in [5.41, 5.74) is 0.766. The average Bonchev–Trinajstić information content (AvgIpc) is 2.97. The van der Waals surface area contributed by atoms with Gasteiger partial charge < -0.3 is 0 Å². The number of fused-ring (bicyclic) bond motifs is 1. The van der Waals surface area contributed by atoms with Crippen molar-refractivity contribution < 1.29 is 8.78 Å². The largest absolute Gasteiger partial charge is 0.239 e. The van der Waals surface area contributed by atoms with Crippen molar-refractivity contribution in [2.24, 2.45) is 11.3 Å². The second-order valence-electron chi connectivity index (χ2n) is 7.11. The third-order valence-corrected chi connectivity index (χ3v) is 5.71. The van der Waals surface area contributed by atoms with E-state index in [0.717, 1.165) is 24.8 Å². The Morgan fingerprint density at radius 1 is 1.18 bits per heavy atom. The summed E-state index contributed by atoms with van der Waals surface area (Å²) in [6, 6.07) is 9.53. The minimum absolute atomic E-state index is 0.173. The maximum atomic E-state index is 14.8. The zero-order valence-electron chi connectivity index (χ0n) is 12.1. The molecule has 114 valence electrons. The van der Waals surface area contributed by atoms with Crippen molar-refractivity contribution in [2.45, 2.75) is 44.1 Å². The lowest BCUT2D eigenvalue weighted by atomic mass is 9.42. The molecular weight excluding hydrogens is 284 g/mol. The predicted octanol–water partition coefficient (Wildman–Crippen LogP) is 4.09. The Hall–Kier alpha value is -1.78. The fourth-order valence-electron chi connectivity index (χ4n) is 4.39.